The van der Waals surface area contributed by atoms with Crippen LogP contribution in [0.1, 0.15) is 44.9 Å². The van der Waals surface area contributed by atoms with Gasteiger partial charge in [0.25, 0.3) is 0 Å². The Bertz CT molecular complexity index is 255. The second-order valence-corrected chi connectivity index (χ2v) is 5.03. The third-order valence-electron chi connectivity index (χ3n) is 3.85. The molecule has 0 spiro atoms. The molecule has 98 valence electrons. The molecule has 1 aliphatic carbocycles. The first-order valence-corrected chi connectivity index (χ1v) is 6.85. The summed E-state index contributed by atoms with van der Waals surface area (Å²) in [5.74, 6) is 0.249. The number of aliphatic hydroxyl groups is 1. The summed E-state index contributed by atoms with van der Waals surface area (Å²) in [6, 6.07) is 0.319. The van der Waals surface area contributed by atoms with Gasteiger partial charge in [-0.2, -0.15) is 0 Å². The highest BCUT2D eigenvalue weighted by atomic mass is 16.5. The molecule has 17 heavy (non-hydrogen) atoms. The van der Waals surface area contributed by atoms with Gasteiger partial charge in [0.2, 0.25) is 5.91 Å². The summed E-state index contributed by atoms with van der Waals surface area (Å²) < 4.78 is 5.75. The number of carbonyl (C=O) groups excluding carboxylic acids is 1. The molecule has 4 nitrogen and oxygen atoms in total. The minimum Gasteiger partial charge on any atom is -0.396 e. The summed E-state index contributed by atoms with van der Waals surface area (Å²) in [6.45, 7) is 1.62. The van der Waals surface area contributed by atoms with Gasteiger partial charge in [-0.3, -0.25) is 4.79 Å². The molecule has 2 aliphatic rings. The molecule has 0 aromatic carbocycles. The lowest BCUT2D eigenvalue weighted by atomic mass is 9.90. The van der Waals surface area contributed by atoms with Crippen molar-refractivity contribution in [2.24, 2.45) is 0 Å². The van der Waals surface area contributed by atoms with E-state index in [1.165, 1.54) is 12.8 Å². The van der Waals surface area contributed by atoms with Crippen molar-refractivity contribution in [3.8, 4) is 0 Å². The molecule has 1 saturated carbocycles. The molecule has 2 fully saturated rings. The lowest BCUT2D eigenvalue weighted by molar-refractivity contribution is -0.149. The van der Waals surface area contributed by atoms with E-state index in [2.05, 4.69) is 0 Å². The zero-order chi connectivity index (χ0) is 12.1. The maximum Gasteiger partial charge on any atom is 0.222 e. The number of hydrogen-bond donors (Lipinski definition) is 1. The number of carbonyl (C=O) groups is 1. The number of rotatable bonds is 4. The van der Waals surface area contributed by atoms with Crippen molar-refractivity contribution in [2.45, 2.75) is 57.1 Å². The Hall–Kier alpha value is -0.610. The van der Waals surface area contributed by atoms with E-state index in [9.17, 15) is 4.79 Å². The molecular formula is C13H23NO3. The summed E-state index contributed by atoms with van der Waals surface area (Å²) in [4.78, 5) is 14.1. The van der Waals surface area contributed by atoms with Crippen LogP contribution in [0.25, 0.3) is 0 Å². The molecule has 1 amide bonds. The normalized spacial score (nSPS) is 28.9. The number of aliphatic hydroxyl groups excluding tert-OH is 1. The largest absolute Gasteiger partial charge is 0.396 e. The fourth-order valence-corrected chi connectivity index (χ4v) is 2.94. The molecule has 0 bridgehead atoms. The topological polar surface area (TPSA) is 49.8 Å². The van der Waals surface area contributed by atoms with Crippen LogP contribution in [0, 0.1) is 0 Å². The van der Waals surface area contributed by atoms with Crippen molar-refractivity contribution in [3.05, 3.63) is 0 Å². The maximum absolute atomic E-state index is 12.1. The molecule has 0 aromatic rings. The summed E-state index contributed by atoms with van der Waals surface area (Å²) in [6.07, 6.45) is 7.01. The van der Waals surface area contributed by atoms with Gasteiger partial charge in [0.1, 0.15) is 0 Å². The van der Waals surface area contributed by atoms with Crippen LogP contribution >= 0.6 is 0 Å². The van der Waals surface area contributed by atoms with Crippen molar-refractivity contribution in [1.29, 1.82) is 0 Å². The highest BCUT2D eigenvalue weighted by molar-refractivity contribution is 5.76. The summed E-state index contributed by atoms with van der Waals surface area (Å²) >= 11 is 0. The van der Waals surface area contributed by atoms with Gasteiger partial charge in [0.15, 0.2) is 0 Å². The number of nitrogens with zero attached hydrogens (tertiary/aromatic N) is 1. The Morgan fingerprint density at radius 3 is 2.94 bits per heavy atom. The lowest BCUT2D eigenvalue weighted by Gasteiger charge is -2.43. The zero-order valence-electron chi connectivity index (χ0n) is 10.4. The van der Waals surface area contributed by atoms with Crippen LogP contribution in [0.5, 0.6) is 0 Å². The fourth-order valence-electron chi connectivity index (χ4n) is 2.94. The van der Waals surface area contributed by atoms with Gasteiger partial charge in [-0.15, -0.1) is 0 Å². The van der Waals surface area contributed by atoms with Crippen molar-refractivity contribution in [1.82, 2.24) is 4.90 Å². The lowest BCUT2D eigenvalue weighted by Crippen LogP contribution is -2.54. The first-order chi connectivity index (χ1) is 8.33. The molecular weight excluding hydrogens is 218 g/mol. The molecule has 1 aliphatic heterocycles. The third-order valence-corrected chi connectivity index (χ3v) is 3.85. The molecule has 2 unspecified atom stereocenters. The van der Waals surface area contributed by atoms with Crippen LogP contribution < -0.4 is 0 Å². The van der Waals surface area contributed by atoms with Crippen LogP contribution in [0.2, 0.25) is 0 Å². The van der Waals surface area contributed by atoms with E-state index in [1.807, 2.05) is 4.90 Å². The highest BCUT2D eigenvalue weighted by Gasteiger charge is 2.36. The Balaban J connectivity index is 1.87. The van der Waals surface area contributed by atoms with E-state index in [0.717, 1.165) is 32.2 Å². The Kier molecular flexibility index (Phi) is 4.80. The van der Waals surface area contributed by atoms with Crippen molar-refractivity contribution >= 4 is 5.91 Å². The first-order valence-electron chi connectivity index (χ1n) is 6.85. The van der Waals surface area contributed by atoms with Gasteiger partial charge in [-0.05, 0) is 25.7 Å². The fraction of sp³-hybridized carbons (Fsp3) is 0.923. The van der Waals surface area contributed by atoms with Gasteiger partial charge < -0.3 is 14.7 Å². The van der Waals surface area contributed by atoms with Gasteiger partial charge in [0.05, 0.1) is 18.8 Å². The van der Waals surface area contributed by atoms with Gasteiger partial charge in [-0.1, -0.05) is 12.8 Å². The minimum absolute atomic E-state index is 0.183. The van der Waals surface area contributed by atoms with Gasteiger partial charge in [0, 0.05) is 19.6 Å². The molecule has 0 radical (unpaired) electrons. The van der Waals surface area contributed by atoms with E-state index >= 15 is 0 Å². The molecule has 0 aromatic heterocycles. The second-order valence-electron chi connectivity index (χ2n) is 5.03. The number of ether oxygens (including phenoxy) is 1. The Labute approximate surface area is 103 Å². The number of fused-ring (bicyclic) bond motifs is 1. The molecule has 2 atom stereocenters. The predicted molar refractivity (Wildman–Crippen MR) is 64.6 cm³/mol. The third kappa shape index (κ3) is 3.19. The van der Waals surface area contributed by atoms with E-state index in [-0.39, 0.29) is 18.6 Å². The Morgan fingerprint density at radius 2 is 2.12 bits per heavy atom. The summed E-state index contributed by atoms with van der Waals surface area (Å²) in [5.41, 5.74) is 0. The van der Waals surface area contributed by atoms with Crippen molar-refractivity contribution < 1.29 is 14.6 Å². The first kappa shape index (κ1) is 12.8. The van der Waals surface area contributed by atoms with Crippen LogP contribution in [0.4, 0.5) is 0 Å². The monoisotopic (exact) mass is 241 g/mol. The van der Waals surface area contributed by atoms with Crippen molar-refractivity contribution in [2.75, 3.05) is 19.8 Å². The van der Waals surface area contributed by atoms with E-state index in [1.54, 1.807) is 0 Å². The van der Waals surface area contributed by atoms with Crippen LogP contribution in [-0.2, 0) is 9.53 Å². The number of morpholine rings is 1. The Morgan fingerprint density at radius 1 is 1.29 bits per heavy atom. The number of hydrogen-bond acceptors (Lipinski definition) is 3. The summed E-state index contributed by atoms with van der Waals surface area (Å²) in [7, 11) is 0. The molecule has 4 heteroatoms. The van der Waals surface area contributed by atoms with Crippen LogP contribution in [0.3, 0.4) is 0 Å². The quantitative estimate of drug-likeness (QED) is 0.755. The predicted octanol–water partition coefficient (Wildman–Crippen LogP) is 1.32. The maximum atomic E-state index is 12.1. The SMILES string of the molecule is O=C(CCCCO)N1CCOC2CCCCC21. The number of unbranched alkanes of at least 4 members (excludes halogenated alkanes) is 1. The zero-order valence-corrected chi connectivity index (χ0v) is 10.4. The van der Waals surface area contributed by atoms with Crippen LogP contribution in [0.15, 0.2) is 0 Å². The van der Waals surface area contributed by atoms with E-state index in [4.69, 9.17) is 9.84 Å². The molecule has 1 heterocycles. The molecule has 1 saturated heterocycles. The number of amides is 1. The average Bonchev–Trinajstić information content (AvgIpc) is 2.38. The molecule has 1 N–H and O–H groups in total. The average molecular weight is 241 g/mol. The second kappa shape index (κ2) is 6.36. The standard InChI is InChI=1S/C13H23NO3/c15-9-4-3-7-13(16)14-8-10-17-12-6-2-1-5-11(12)14/h11-12,15H,1-10H2. The summed E-state index contributed by atoms with van der Waals surface area (Å²) in [5, 5.41) is 8.73. The van der Waals surface area contributed by atoms with E-state index < -0.39 is 0 Å². The highest BCUT2D eigenvalue weighted by Crippen LogP contribution is 2.28. The van der Waals surface area contributed by atoms with E-state index in [0.29, 0.717) is 19.1 Å². The van der Waals surface area contributed by atoms with Gasteiger partial charge in [-0.25, -0.2) is 0 Å². The smallest absolute Gasteiger partial charge is 0.222 e. The van der Waals surface area contributed by atoms with Crippen molar-refractivity contribution in [3.63, 3.8) is 0 Å². The molecule has 2 rings (SSSR count). The minimum atomic E-state index is 0.183. The van der Waals surface area contributed by atoms with Gasteiger partial charge >= 0.3 is 0 Å². The van der Waals surface area contributed by atoms with Crippen LogP contribution in [-0.4, -0.2) is 47.8 Å².